The zero-order valence-electron chi connectivity index (χ0n) is 25.8. The number of rotatable bonds is 18. The summed E-state index contributed by atoms with van der Waals surface area (Å²) in [6.45, 7) is 6.09. The lowest BCUT2D eigenvalue weighted by molar-refractivity contribution is -0.131. The highest BCUT2D eigenvalue weighted by molar-refractivity contribution is 5.98. The molecule has 4 amide bonds. The molecule has 2 rings (SSSR count). The van der Waals surface area contributed by atoms with E-state index in [0.29, 0.717) is 31.4 Å². The monoisotopic (exact) mass is 609 g/mol. The van der Waals surface area contributed by atoms with Crippen LogP contribution in [0.5, 0.6) is 0 Å². The van der Waals surface area contributed by atoms with Gasteiger partial charge in [0.25, 0.3) is 5.91 Å². The molecular weight excluding hydrogens is 562 g/mol. The Morgan fingerprint density at radius 1 is 0.864 bits per heavy atom. The quantitative estimate of drug-likeness (QED) is 0.0741. The van der Waals surface area contributed by atoms with Crippen LogP contribution in [0, 0.1) is 5.92 Å². The van der Waals surface area contributed by atoms with Gasteiger partial charge in [-0.1, -0.05) is 62.4 Å². The number of nitrogens with zero attached hydrogens (tertiary/aromatic N) is 1. The van der Waals surface area contributed by atoms with Crippen molar-refractivity contribution >= 4 is 29.6 Å². The molecule has 4 atom stereocenters. The number of guanidine groups is 1. The molecule has 12 heteroatoms. The minimum absolute atomic E-state index is 0.0765. The highest BCUT2D eigenvalue weighted by atomic mass is 16.3. The molecule has 240 valence electrons. The van der Waals surface area contributed by atoms with Gasteiger partial charge < -0.3 is 37.8 Å². The molecule has 0 bridgehead atoms. The zero-order chi connectivity index (χ0) is 32.5. The van der Waals surface area contributed by atoms with Crippen molar-refractivity contribution in [3.05, 3.63) is 71.8 Å². The van der Waals surface area contributed by atoms with Crippen LogP contribution in [0.2, 0.25) is 0 Å². The van der Waals surface area contributed by atoms with Crippen LogP contribution in [-0.4, -0.2) is 72.0 Å². The van der Waals surface area contributed by atoms with Crippen LogP contribution in [0.15, 0.2) is 65.7 Å². The van der Waals surface area contributed by atoms with E-state index in [4.69, 9.17) is 11.5 Å². The topological polar surface area (TPSA) is 201 Å². The number of aliphatic imine (C=N–C) groups is 1. The van der Waals surface area contributed by atoms with Crippen LogP contribution in [0.4, 0.5) is 0 Å². The molecule has 0 spiro atoms. The van der Waals surface area contributed by atoms with Crippen LogP contribution >= 0.6 is 0 Å². The van der Waals surface area contributed by atoms with Crippen molar-refractivity contribution < 1.29 is 24.3 Å². The van der Waals surface area contributed by atoms with Crippen molar-refractivity contribution in [1.82, 2.24) is 21.3 Å². The van der Waals surface area contributed by atoms with E-state index in [-0.39, 0.29) is 37.2 Å². The lowest BCUT2D eigenvalue weighted by atomic mass is 9.96. The number of aliphatic hydroxyl groups excluding tert-OH is 1. The number of benzene rings is 2. The molecule has 0 heterocycles. The Balaban J connectivity index is 1.97. The second kappa shape index (κ2) is 19.0. The summed E-state index contributed by atoms with van der Waals surface area (Å²) < 4.78 is 0. The summed E-state index contributed by atoms with van der Waals surface area (Å²) in [5.74, 6) is -1.81. The van der Waals surface area contributed by atoms with Crippen molar-refractivity contribution in [3.63, 3.8) is 0 Å². The van der Waals surface area contributed by atoms with Crippen LogP contribution in [0.3, 0.4) is 0 Å². The summed E-state index contributed by atoms with van der Waals surface area (Å²) in [5, 5.41) is 21.9. The summed E-state index contributed by atoms with van der Waals surface area (Å²) in [6.07, 6.45) is 0.398. The maximum Gasteiger partial charge on any atom is 0.251 e. The average Bonchev–Trinajstić information content (AvgIpc) is 2.98. The fourth-order valence-corrected chi connectivity index (χ4v) is 4.51. The predicted octanol–water partition coefficient (Wildman–Crippen LogP) is 0.984. The number of carbonyl (C=O) groups is 4. The minimum Gasteiger partial charge on any atom is -0.390 e. The van der Waals surface area contributed by atoms with Crippen LogP contribution in [0.25, 0.3) is 0 Å². The number of carbonyl (C=O) groups excluding carboxylic acids is 4. The first-order chi connectivity index (χ1) is 21.0. The molecule has 9 N–H and O–H groups in total. The zero-order valence-corrected chi connectivity index (χ0v) is 25.8. The normalized spacial score (nSPS) is 13.6. The molecule has 0 aliphatic heterocycles. The SMILES string of the molecule is CC(C)C[C@H](NC(=O)[C@H](C)NC(=O)[C@H](CCCN=C(N)N)NC(=O)c1ccccc1)[C@@H](O)CC(=O)NCCc1ccccc1. The van der Waals surface area contributed by atoms with Gasteiger partial charge in [0.05, 0.1) is 18.6 Å². The highest BCUT2D eigenvalue weighted by Gasteiger charge is 2.29. The Hall–Kier alpha value is -4.45. The van der Waals surface area contributed by atoms with E-state index in [1.165, 1.54) is 6.92 Å². The molecule has 2 aromatic carbocycles. The Morgan fingerprint density at radius 3 is 2.11 bits per heavy atom. The number of nitrogens with one attached hydrogen (secondary N) is 4. The third-order valence-electron chi connectivity index (χ3n) is 6.85. The first-order valence-corrected chi connectivity index (χ1v) is 15.0. The smallest absolute Gasteiger partial charge is 0.251 e. The van der Waals surface area contributed by atoms with Crippen molar-refractivity contribution in [2.24, 2.45) is 22.4 Å². The van der Waals surface area contributed by atoms with Gasteiger partial charge in [0.15, 0.2) is 5.96 Å². The third kappa shape index (κ3) is 13.7. The molecule has 0 fully saturated rings. The molecule has 0 unspecified atom stereocenters. The van der Waals surface area contributed by atoms with Crippen molar-refractivity contribution in [1.29, 1.82) is 0 Å². The molecule has 0 aliphatic rings. The van der Waals surface area contributed by atoms with Gasteiger partial charge in [0.1, 0.15) is 12.1 Å². The van der Waals surface area contributed by atoms with Gasteiger partial charge in [0, 0.05) is 18.7 Å². The summed E-state index contributed by atoms with van der Waals surface area (Å²) in [6, 6.07) is 15.5. The molecule has 2 aromatic rings. The van der Waals surface area contributed by atoms with E-state index >= 15 is 0 Å². The van der Waals surface area contributed by atoms with Gasteiger partial charge in [-0.3, -0.25) is 24.2 Å². The molecule has 0 radical (unpaired) electrons. The fourth-order valence-electron chi connectivity index (χ4n) is 4.51. The van der Waals surface area contributed by atoms with E-state index in [9.17, 15) is 24.3 Å². The number of hydrogen-bond donors (Lipinski definition) is 7. The Labute approximate surface area is 259 Å². The summed E-state index contributed by atoms with van der Waals surface area (Å²) >= 11 is 0. The molecule has 44 heavy (non-hydrogen) atoms. The van der Waals surface area contributed by atoms with Crippen LogP contribution in [0.1, 0.15) is 62.4 Å². The Bertz CT molecular complexity index is 1220. The maximum absolute atomic E-state index is 13.2. The largest absolute Gasteiger partial charge is 0.390 e. The standard InChI is InChI=1S/C32H47N7O5/c1-21(2)19-26(27(40)20-28(41)35-18-16-23-11-6-4-7-12-23)39-29(42)22(3)37-31(44)25(15-10-17-36-32(33)34)38-30(43)24-13-8-5-9-14-24/h4-9,11-14,21-22,25-27,40H,10,15-20H2,1-3H3,(H,35,41)(H,37,44)(H,38,43)(H,39,42)(H4,33,34,36)/t22-,25-,26-,27-/m0/s1. The van der Waals surface area contributed by atoms with Crippen molar-refractivity contribution in [2.45, 2.75) is 77.1 Å². The molecular formula is C32H47N7O5. The van der Waals surface area contributed by atoms with E-state index < -0.39 is 42.0 Å². The van der Waals surface area contributed by atoms with Crippen LogP contribution < -0.4 is 32.7 Å². The van der Waals surface area contributed by atoms with Crippen LogP contribution in [-0.2, 0) is 20.8 Å². The summed E-state index contributed by atoms with van der Waals surface area (Å²) in [4.78, 5) is 55.5. The molecule has 0 saturated carbocycles. The van der Waals surface area contributed by atoms with Gasteiger partial charge in [-0.05, 0) is 56.2 Å². The van der Waals surface area contributed by atoms with E-state index in [0.717, 1.165) is 5.56 Å². The van der Waals surface area contributed by atoms with Gasteiger partial charge in [-0.25, -0.2) is 0 Å². The molecule has 0 aliphatic carbocycles. The second-order valence-electron chi connectivity index (χ2n) is 11.2. The van der Waals surface area contributed by atoms with Gasteiger partial charge in [-0.15, -0.1) is 0 Å². The van der Waals surface area contributed by atoms with Gasteiger partial charge in [0.2, 0.25) is 17.7 Å². The highest BCUT2D eigenvalue weighted by Crippen LogP contribution is 2.12. The first kappa shape index (κ1) is 35.7. The second-order valence-corrected chi connectivity index (χ2v) is 11.2. The van der Waals surface area contributed by atoms with Gasteiger partial charge in [-0.2, -0.15) is 0 Å². The van der Waals surface area contributed by atoms with E-state index in [2.05, 4.69) is 26.3 Å². The molecule has 0 saturated heterocycles. The summed E-state index contributed by atoms with van der Waals surface area (Å²) in [7, 11) is 0. The minimum atomic E-state index is -1.13. The lowest BCUT2D eigenvalue weighted by Crippen LogP contribution is -2.55. The maximum atomic E-state index is 13.2. The average molecular weight is 610 g/mol. The van der Waals surface area contributed by atoms with Crippen molar-refractivity contribution in [2.75, 3.05) is 13.1 Å². The number of amides is 4. The van der Waals surface area contributed by atoms with Gasteiger partial charge >= 0.3 is 0 Å². The Kier molecular flexibility index (Phi) is 15.4. The Morgan fingerprint density at radius 2 is 1.50 bits per heavy atom. The summed E-state index contributed by atoms with van der Waals surface area (Å²) in [5.41, 5.74) is 12.2. The molecule has 0 aromatic heterocycles. The molecule has 12 nitrogen and oxygen atoms in total. The number of hydrogen-bond acceptors (Lipinski definition) is 6. The first-order valence-electron chi connectivity index (χ1n) is 15.0. The predicted molar refractivity (Wildman–Crippen MR) is 170 cm³/mol. The number of aliphatic hydroxyl groups is 1. The number of nitrogens with two attached hydrogens (primary N) is 2. The van der Waals surface area contributed by atoms with E-state index in [1.54, 1.807) is 30.3 Å². The van der Waals surface area contributed by atoms with E-state index in [1.807, 2.05) is 44.2 Å². The lowest BCUT2D eigenvalue weighted by Gasteiger charge is -2.27. The van der Waals surface area contributed by atoms with Crippen molar-refractivity contribution in [3.8, 4) is 0 Å². The third-order valence-corrected chi connectivity index (χ3v) is 6.85. The fraction of sp³-hybridized carbons (Fsp3) is 0.469.